The number of piperidine rings is 2. The topological polar surface area (TPSA) is 73.0 Å². The number of fused-ring (bicyclic) bond motifs is 1. The maximum atomic E-state index is 15.7. The van der Waals surface area contributed by atoms with Gasteiger partial charge in [-0.1, -0.05) is 42.5 Å². The van der Waals surface area contributed by atoms with Crippen molar-refractivity contribution >= 4 is 29.1 Å². The number of amides is 3. The molecule has 3 heterocycles. The van der Waals surface area contributed by atoms with Gasteiger partial charge < -0.3 is 9.80 Å². The number of rotatable bonds is 6. The number of nitrogens with zero attached hydrogens (tertiary/aromatic N) is 3. The monoisotopic (exact) mass is 526 g/mol. The smallest absolute Gasteiger partial charge is 0.255 e. The van der Waals surface area contributed by atoms with Gasteiger partial charge in [0.1, 0.15) is 11.9 Å². The Hall–Kier alpha value is -4.04. The third kappa shape index (κ3) is 4.92. The normalized spacial score (nSPS) is 20.2. The minimum absolute atomic E-state index is 0.0469. The van der Waals surface area contributed by atoms with Gasteiger partial charge in [-0.15, -0.1) is 0 Å². The first-order chi connectivity index (χ1) is 19.0. The highest BCUT2D eigenvalue weighted by Gasteiger charge is 2.40. The SMILES string of the molecule is O=C1CCC(N2Cc3c(ccc(CN4CCC(N(c5ccccc5)c5ccccc5)CC4)c3F)C2=O)C(=O)N1. The minimum Gasteiger partial charge on any atom is -0.338 e. The van der Waals surface area contributed by atoms with E-state index in [-0.39, 0.29) is 37.0 Å². The van der Waals surface area contributed by atoms with Crippen LogP contribution < -0.4 is 10.2 Å². The van der Waals surface area contributed by atoms with Gasteiger partial charge in [0.05, 0.1) is 6.54 Å². The van der Waals surface area contributed by atoms with Crippen molar-refractivity contribution < 1.29 is 18.8 Å². The summed E-state index contributed by atoms with van der Waals surface area (Å²) >= 11 is 0. The lowest BCUT2D eigenvalue weighted by atomic mass is 9.99. The summed E-state index contributed by atoms with van der Waals surface area (Å²) in [7, 11) is 0. The molecule has 3 aromatic rings. The highest BCUT2D eigenvalue weighted by Crippen LogP contribution is 2.34. The molecule has 2 fully saturated rings. The van der Waals surface area contributed by atoms with Crippen LogP contribution in [0.1, 0.15) is 47.2 Å². The Bertz CT molecular complexity index is 1350. The standard InChI is InChI=1S/C31H31FN4O3/c32-29-21(11-12-25-26(29)20-35(31(25)39)27-13-14-28(37)33-30(27)38)19-34-17-15-24(16-18-34)36(22-7-3-1-4-8-22)23-9-5-2-6-10-23/h1-12,24,27H,13-20H2,(H,33,37,38). The molecule has 3 aliphatic heterocycles. The van der Waals surface area contributed by atoms with Crippen molar-refractivity contribution in [3.63, 3.8) is 0 Å². The number of nitrogens with one attached hydrogen (secondary N) is 1. The lowest BCUT2D eigenvalue weighted by Crippen LogP contribution is -2.52. The Morgan fingerprint density at radius 3 is 2.10 bits per heavy atom. The van der Waals surface area contributed by atoms with Crippen LogP contribution in [-0.4, -0.2) is 52.7 Å². The predicted octanol–water partition coefficient (Wildman–Crippen LogP) is 4.39. The number of carbonyl (C=O) groups excluding carboxylic acids is 3. The Morgan fingerprint density at radius 2 is 1.49 bits per heavy atom. The fraction of sp³-hybridized carbons (Fsp3) is 0.323. The van der Waals surface area contributed by atoms with Crippen molar-refractivity contribution in [1.82, 2.24) is 15.1 Å². The molecule has 8 heteroatoms. The zero-order chi connectivity index (χ0) is 26.9. The minimum atomic E-state index is -0.748. The summed E-state index contributed by atoms with van der Waals surface area (Å²) < 4.78 is 15.7. The van der Waals surface area contributed by atoms with E-state index in [1.165, 1.54) is 4.90 Å². The molecular formula is C31H31FN4O3. The van der Waals surface area contributed by atoms with Crippen LogP contribution in [0.4, 0.5) is 15.8 Å². The van der Waals surface area contributed by atoms with Gasteiger partial charge in [0.15, 0.2) is 0 Å². The molecule has 2 saturated heterocycles. The van der Waals surface area contributed by atoms with E-state index in [0.717, 1.165) is 37.3 Å². The molecule has 0 spiro atoms. The lowest BCUT2D eigenvalue weighted by molar-refractivity contribution is -0.136. The van der Waals surface area contributed by atoms with Crippen LogP contribution in [0.3, 0.4) is 0 Å². The summed E-state index contributed by atoms with van der Waals surface area (Å²) in [6.45, 7) is 2.18. The maximum Gasteiger partial charge on any atom is 0.255 e. The van der Waals surface area contributed by atoms with Gasteiger partial charge in [-0.3, -0.25) is 24.6 Å². The van der Waals surface area contributed by atoms with Crippen LogP contribution in [0, 0.1) is 5.82 Å². The largest absolute Gasteiger partial charge is 0.338 e. The molecule has 0 aliphatic carbocycles. The van der Waals surface area contributed by atoms with E-state index in [4.69, 9.17) is 0 Å². The molecular weight excluding hydrogens is 495 g/mol. The second-order valence-electron chi connectivity index (χ2n) is 10.5. The van der Waals surface area contributed by atoms with E-state index >= 15 is 4.39 Å². The first kappa shape index (κ1) is 25.2. The van der Waals surface area contributed by atoms with Crippen molar-refractivity contribution in [3.05, 3.63) is 95.3 Å². The molecule has 7 nitrogen and oxygen atoms in total. The fourth-order valence-electron chi connectivity index (χ4n) is 6.10. The molecule has 39 heavy (non-hydrogen) atoms. The first-order valence-electron chi connectivity index (χ1n) is 13.6. The second-order valence-corrected chi connectivity index (χ2v) is 10.5. The molecule has 1 unspecified atom stereocenters. The Balaban J connectivity index is 1.14. The van der Waals surface area contributed by atoms with E-state index in [9.17, 15) is 14.4 Å². The number of benzene rings is 3. The van der Waals surface area contributed by atoms with Gasteiger partial charge >= 0.3 is 0 Å². The van der Waals surface area contributed by atoms with Crippen molar-refractivity contribution in [3.8, 4) is 0 Å². The van der Waals surface area contributed by atoms with E-state index < -0.39 is 11.9 Å². The molecule has 0 radical (unpaired) electrons. The third-order valence-electron chi connectivity index (χ3n) is 8.11. The fourth-order valence-corrected chi connectivity index (χ4v) is 6.10. The summed E-state index contributed by atoms with van der Waals surface area (Å²) in [5.74, 6) is -1.55. The summed E-state index contributed by atoms with van der Waals surface area (Å²) in [6.07, 6.45) is 2.32. The van der Waals surface area contributed by atoms with Crippen molar-refractivity contribution in [2.24, 2.45) is 0 Å². The molecule has 3 amide bonds. The average Bonchev–Trinajstić information content (AvgIpc) is 3.29. The number of para-hydroxylation sites is 2. The number of anilines is 2. The van der Waals surface area contributed by atoms with Gasteiger partial charge in [0, 0.05) is 60.2 Å². The number of carbonyl (C=O) groups is 3. The van der Waals surface area contributed by atoms with Gasteiger partial charge in [0.2, 0.25) is 11.8 Å². The van der Waals surface area contributed by atoms with Crippen LogP contribution >= 0.6 is 0 Å². The second kappa shape index (κ2) is 10.6. The summed E-state index contributed by atoms with van der Waals surface area (Å²) in [5, 5.41) is 2.29. The van der Waals surface area contributed by atoms with Crippen molar-refractivity contribution in [1.29, 1.82) is 0 Å². The predicted molar refractivity (Wildman–Crippen MR) is 146 cm³/mol. The van der Waals surface area contributed by atoms with Crippen LogP contribution in [0.5, 0.6) is 0 Å². The van der Waals surface area contributed by atoms with Crippen molar-refractivity contribution in [2.45, 2.75) is 50.9 Å². The number of hydrogen-bond acceptors (Lipinski definition) is 5. The van der Waals surface area contributed by atoms with E-state index in [1.54, 1.807) is 12.1 Å². The van der Waals surface area contributed by atoms with Crippen LogP contribution in [0.2, 0.25) is 0 Å². The zero-order valence-corrected chi connectivity index (χ0v) is 21.7. The van der Waals surface area contributed by atoms with Crippen LogP contribution in [0.25, 0.3) is 0 Å². The number of hydrogen-bond donors (Lipinski definition) is 1. The van der Waals surface area contributed by atoms with Gasteiger partial charge in [-0.25, -0.2) is 4.39 Å². The highest BCUT2D eigenvalue weighted by molar-refractivity contribution is 6.05. The maximum absolute atomic E-state index is 15.7. The number of likely N-dealkylation sites (tertiary alicyclic amines) is 1. The molecule has 0 saturated carbocycles. The van der Waals surface area contributed by atoms with Crippen LogP contribution in [-0.2, 0) is 22.7 Å². The molecule has 6 rings (SSSR count). The zero-order valence-electron chi connectivity index (χ0n) is 21.7. The van der Waals surface area contributed by atoms with E-state index in [0.29, 0.717) is 29.3 Å². The molecule has 3 aliphatic rings. The summed E-state index contributed by atoms with van der Waals surface area (Å²) in [6, 6.07) is 23.8. The summed E-state index contributed by atoms with van der Waals surface area (Å²) in [4.78, 5) is 42.9. The quantitative estimate of drug-likeness (QED) is 0.483. The molecule has 1 atom stereocenters. The van der Waals surface area contributed by atoms with Crippen molar-refractivity contribution in [2.75, 3.05) is 18.0 Å². The number of halogens is 1. The van der Waals surface area contributed by atoms with E-state index in [1.807, 2.05) is 12.1 Å². The first-order valence-corrected chi connectivity index (χ1v) is 13.6. The Kier molecular flexibility index (Phi) is 6.87. The lowest BCUT2D eigenvalue weighted by Gasteiger charge is -2.40. The average molecular weight is 527 g/mol. The van der Waals surface area contributed by atoms with Crippen LogP contribution in [0.15, 0.2) is 72.8 Å². The van der Waals surface area contributed by atoms with Gasteiger partial charge in [0.25, 0.3) is 5.91 Å². The summed E-state index contributed by atoms with van der Waals surface area (Å²) in [5.41, 5.74) is 3.54. The molecule has 1 N–H and O–H groups in total. The Labute approximate surface area is 227 Å². The highest BCUT2D eigenvalue weighted by atomic mass is 19.1. The van der Waals surface area contributed by atoms with Gasteiger partial charge in [-0.05, 0) is 49.6 Å². The van der Waals surface area contributed by atoms with Gasteiger partial charge in [-0.2, -0.15) is 0 Å². The third-order valence-corrected chi connectivity index (χ3v) is 8.11. The molecule has 0 bridgehead atoms. The Morgan fingerprint density at radius 1 is 0.846 bits per heavy atom. The molecule has 0 aromatic heterocycles. The van der Waals surface area contributed by atoms with E-state index in [2.05, 4.69) is 63.6 Å². The number of imide groups is 1. The molecule has 200 valence electrons. The molecule has 3 aromatic carbocycles.